The standard InChI is InChI=1S/C20H18N2O2/c1-14-6-8-16(9-7-14)19-18(12-21-24-19)20(23)22-11-10-15-4-2-3-5-17(15)13-22/h2-9,12H,10-11,13H2,1H3. The third-order valence-corrected chi connectivity index (χ3v) is 4.53. The van der Waals surface area contributed by atoms with Crippen molar-refractivity contribution in [2.24, 2.45) is 0 Å². The van der Waals surface area contributed by atoms with Gasteiger partial charge in [-0.05, 0) is 24.5 Å². The summed E-state index contributed by atoms with van der Waals surface area (Å²) in [4.78, 5) is 14.8. The maximum atomic E-state index is 13.0. The molecule has 3 aromatic rings. The Balaban J connectivity index is 1.62. The molecule has 0 aliphatic carbocycles. The van der Waals surface area contributed by atoms with Gasteiger partial charge in [0.2, 0.25) is 0 Å². The third kappa shape index (κ3) is 2.60. The van der Waals surface area contributed by atoms with Crippen molar-refractivity contribution in [1.29, 1.82) is 0 Å². The molecule has 0 radical (unpaired) electrons. The number of nitrogens with zero attached hydrogens (tertiary/aromatic N) is 2. The fourth-order valence-corrected chi connectivity index (χ4v) is 3.14. The molecule has 1 amide bonds. The highest BCUT2D eigenvalue weighted by Gasteiger charge is 2.26. The van der Waals surface area contributed by atoms with Crippen LogP contribution in [0, 0.1) is 6.92 Å². The van der Waals surface area contributed by atoms with Gasteiger partial charge >= 0.3 is 0 Å². The van der Waals surface area contributed by atoms with E-state index in [9.17, 15) is 4.79 Å². The smallest absolute Gasteiger partial charge is 0.259 e. The molecular weight excluding hydrogens is 300 g/mol. The number of carbonyl (C=O) groups excluding carboxylic acids is 1. The average Bonchev–Trinajstić information content (AvgIpc) is 3.11. The number of rotatable bonds is 2. The first-order chi connectivity index (χ1) is 11.7. The maximum Gasteiger partial charge on any atom is 0.259 e. The number of carbonyl (C=O) groups is 1. The van der Waals surface area contributed by atoms with Gasteiger partial charge in [0, 0.05) is 18.7 Å². The van der Waals surface area contributed by atoms with Gasteiger partial charge in [0.25, 0.3) is 5.91 Å². The van der Waals surface area contributed by atoms with Gasteiger partial charge in [-0.3, -0.25) is 4.79 Å². The molecule has 0 saturated heterocycles. The van der Waals surface area contributed by atoms with Gasteiger partial charge in [0.15, 0.2) is 5.76 Å². The zero-order valence-corrected chi connectivity index (χ0v) is 13.5. The summed E-state index contributed by atoms with van der Waals surface area (Å²) in [6, 6.07) is 16.2. The molecule has 24 heavy (non-hydrogen) atoms. The summed E-state index contributed by atoms with van der Waals surface area (Å²) in [5.41, 5.74) is 5.10. The first-order valence-corrected chi connectivity index (χ1v) is 8.10. The highest BCUT2D eigenvalue weighted by molar-refractivity contribution is 5.99. The number of hydrogen-bond acceptors (Lipinski definition) is 3. The lowest BCUT2D eigenvalue weighted by Crippen LogP contribution is -2.36. The topological polar surface area (TPSA) is 46.3 Å². The van der Waals surface area contributed by atoms with Crippen molar-refractivity contribution in [2.75, 3.05) is 6.54 Å². The minimum absolute atomic E-state index is 0.0265. The second-order valence-electron chi connectivity index (χ2n) is 6.18. The highest BCUT2D eigenvalue weighted by atomic mass is 16.5. The van der Waals surface area contributed by atoms with Crippen LogP contribution in [0.3, 0.4) is 0 Å². The van der Waals surface area contributed by atoms with Crippen molar-refractivity contribution in [3.05, 3.63) is 77.0 Å². The average molecular weight is 318 g/mol. The van der Waals surface area contributed by atoms with Gasteiger partial charge in [0.1, 0.15) is 5.56 Å². The van der Waals surface area contributed by atoms with Crippen LogP contribution in [0.15, 0.2) is 59.3 Å². The zero-order chi connectivity index (χ0) is 16.5. The molecular formula is C20H18N2O2. The molecule has 2 heterocycles. The molecule has 1 aromatic heterocycles. The second kappa shape index (κ2) is 5.96. The Bertz CT molecular complexity index is 881. The zero-order valence-electron chi connectivity index (χ0n) is 13.5. The van der Waals surface area contributed by atoms with Crippen LogP contribution in [-0.2, 0) is 13.0 Å². The minimum Gasteiger partial charge on any atom is -0.355 e. The summed E-state index contributed by atoms with van der Waals surface area (Å²) in [5, 5.41) is 3.86. The van der Waals surface area contributed by atoms with E-state index in [2.05, 4.69) is 17.3 Å². The van der Waals surface area contributed by atoms with Crippen LogP contribution in [0.2, 0.25) is 0 Å². The van der Waals surface area contributed by atoms with Crippen LogP contribution in [0.5, 0.6) is 0 Å². The van der Waals surface area contributed by atoms with E-state index in [1.165, 1.54) is 22.9 Å². The number of amides is 1. The fraction of sp³-hybridized carbons (Fsp3) is 0.200. The van der Waals surface area contributed by atoms with E-state index in [0.29, 0.717) is 24.4 Å². The normalized spacial score (nSPS) is 13.6. The molecule has 0 N–H and O–H groups in total. The Labute approximate surface area is 140 Å². The lowest BCUT2D eigenvalue weighted by atomic mass is 9.99. The molecule has 0 spiro atoms. The largest absolute Gasteiger partial charge is 0.355 e. The number of hydrogen-bond donors (Lipinski definition) is 0. The first-order valence-electron chi connectivity index (χ1n) is 8.10. The second-order valence-corrected chi connectivity index (χ2v) is 6.18. The molecule has 4 heteroatoms. The van der Waals surface area contributed by atoms with Gasteiger partial charge in [0.05, 0.1) is 6.20 Å². The number of benzene rings is 2. The van der Waals surface area contributed by atoms with Gasteiger partial charge in [-0.1, -0.05) is 59.3 Å². The summed E-state index contributed by atoms with van der Waals surface area (Å²) in [7, 11) is 0. The van der Waals surface area contributed by atoms with E-state index < -0.39 is 0 Å². The van der Waals surface area contributed by atoms with Crippen molar-refractivity contribution < 1.29 is 9.32 Å². The molecule has 4 rings (SSSR count). The fourth-order valence-electron chi connectivity index (χ4n) is 3.14. The Morgan fingerprint density at radius 2 is 1.83 bits per heavy atom. The molecule has 1 aliphatic rings. The molecule has 4 nitrogen and oxygen atoms in total. The van der Waals surface area contributed by atoms with Gasteiger partial charge in [-0.2, -0.15) is 0 Å². The van der Waals surface area contributed by atoms with Crippen LogP contribution in [0.25, 0.3) is 11.3 Å². The van der Waals surface area contributed by atoms with E-state index in [4.69, 9.17) is 4.52 Å². The SMILES string of the molecule is Cc1ccc(-c2oncc2C(=O)N2CCc3ccccc3C2)cc1. The quantitative estimate of drug-likeness (QED) is 0.721. The van der Waals surface area contributed by atoms with E-state index >= 15 is 0 Å². The Hall–Kier alpha value is -2.88. The van der Waals surface area contributed by atoms with E-state index in [1.54, 1.807) is 0 Å². The van der Waals surface area contributed by atoms with Crippen molar-refractivity contribution in [1.82, 2.24) is 10.1 Å². The van der Waals surface area contributed by atoms with E-state index in [0.717, 1.165) is 12.0 Å². The van der Waals surface area contributed by atoms with Crippen LogP contribution >= 0.6 is 0 Å². The summed E-state index contributed by atoms with van der Waals surface area (Å²) in [6.45, 7) is 3.38. The summed E-state index contributed by atoms with van der Waals surface area (Å²) in [6.07, 6.45) is 2.41. The first kappa shape index (κ1) is 14.7. The molecule has 0 atom stereocenters. The predicted octanol–water partition coefficient (Wildman–Crippen LogP) is 3.85. The molecule has 0 unspecified atom stereocenters. The number of aryl methyl sites for hydroxylation is 1. The van der Waals surface area contributed by atoms with Gasteiger partial charge < -0.3 is 9.42 Å². The van der Waals surface area contributed by atoms with Gasteiger partial charge in [-0.25, -0.2) is 0 Å². The third-order valence-electron chi connectivity index (χ3n) is 4.53. The number of fused-ring (bicyclic) bond motifs is 1. The minimum atomic E-state index is -0.0265. The van der Waals surface area contributed by atoms with Gasteiger partial charge in [-0.15, -0.1) is 0 Å². The maximum absolute atomic E-state index is 13.0. The van der Waals surface area contributed by atoms with Crippen LogP contribution in [0.1, 0.15) is 27.0 Å². The molecule has 120 valence electrons. The lowest BCUT2D eigenvalue weighted by molar-refractivity contribution is 0.0735. The summed E-state index contributed by atoms with van der Waals surface area (Å²) < 4.78 is 5.37. The summed E-state index contributed by atoms with van der Waals surface area (Å²) in [5.74, 6) is 0.514. The van der Waals surface area contributed by atoms with Crippen LogP contribution in [-0.4, -0.2) is 22.5 Å². The monoisotopic (exact) mass is 318 g/mol. The molecule has 0 bridgehead atoms. The summed E-state index contributed by atoms with van der Waals surface area (Å²) >= 11 is 0. The molecule has 0 fully saturated rings. The highest BCUT2D eigenvalue weighted by Crippen LogP contribution is 2.27. The van der Waals surface area contributed by atoms with Crippen molar-refractivity contribution in [3.63, 3.8) is 0 Å². The number of aromatic nitrogens is 1. The van der Waals surface area contributed by atoms with E-state index in [-0.39, 0.29) is 5.91 Å². The van der Waals surface area contributed by atoms with Crippen LogP contribution in [0.4, 0.5) is 0 Å². The molecule has 0 saturated carbocycles. The Morgan fingerprint density at radius 1 is 1.08 bits per heavy atom. The van der Waals surface area contributed by atoms with Crippen molar-refractivity contribution in [3.8, 4) is 11.3 Å². The Kier molecular flexibility index (Phi) is 3.65. The van der Waals surface area contributed by atoms with Crippen molar-refractivity contribution in [2.45, 2.75) is 19.9 Å². The van der Waals surface area contributed by atoms with Crippen molar-refractivity contribution >= 4 is 5.91 Å². The van der Waals surface area contributed by atoms with E-state index in [1.807, 2.05) is 48.2 Å². The predicted molar refractivity (Wildman–Crippen MR) is 91.6 cm³/mol. The molecule has 1 aliphatic heterocycles. The van der Waals surface area contributed by atoms with Crippen LogP contribution < -0.4 is 0 Å². The lowest BCUT2D eigenvalue weighted by Gasteiger charge is -2.28. The Morgan fingerprint density at radius 3 is 2.62 bits per heavy atom. The molecule has 2 aromatic carbocycles.